The van der Waals surface area contributed by atoms with E-state index in [1.165, 1.54) is 0 Å². The summed E-state index contributed by atoms with van der Waals surface area (Å²) in [5.74, 6) is 0.0605. The van der Waals surface area contributed by atoms with Crippen LogP contribution in [0.5, 0.6) is 0 Å². The highest BCUT2D eigenvalue weighted by atomic mass is 16.2. The zero-order valence-electron chi connectivity index (χ0n) is 12.8. The lowest BCUT2D eigenvalue weighted by Crippen LogP contribution is -2.39. The standard InChI is InChI=1S/C17H22N4O/c1-13-11-19-21(12-13)10-9-18-16(14-5-3-2-4-6-14)17(22)20-15-7-8-15/h2-6,11-12,15-16,18H,7-10H2,1H3,(H,20,22)/t16-/m0/s1. The summed E-state index contributed by atoms with van der Waals surface area (Å²) in [4.78, 5) is 12.4. The van der Waals surface area contributed by atoms with Gasteiger partial charge in [-0.25, -0.2) is 0 Å². The monoisotopic (exact) mass is 298 g/mol. The summed E-state index contributed by atoms with van der Waals surface area (Å²) in [6.07, 6.45) is 6.04. The van der Waals surface area contributed by atoms with Crippen molar-refractivity contribution in [2.75, 3.05) is 6.54 Å². The smallest absolute Gasteiger partial charge is 0.241 e. The number of nitrogens with one attached hydrogen (secondary N) is 2. The molecule has 2 aromatic rings. The summed E-state index contributed by atoms with van der Waals surface area (Å²) < 4.78 is 1.89. The summed E-state index contributed by atoms with van der Waals surface area (Å²) in [5.41, 5.74) is 2.14. The number of aryl methyl sites for hydroxylation is 1. The van der Waals surface area contributed by atoms with Gasteiger partial charge in [0.15, 0.2) is 0 Å². The zero-order chi connectivity index (χ0) is 15.4. The van der Waals surface area contributed by atoms with Crippen molar-refractivity contribution in [1.29, 1.82) is 0 Å². The van der Waals surface area contributed by atoms with Gasteiger partial charge in [0.1, 0.15) is 6.04 Å². The summed E-state index contributed by atoms with van der Waals surface area (Å²) in [5, 5.41) is 10.7. The molecule has 1 aliphatic carbocycles. The first-order valence-electron chi connectivity index (χ1n) is 7.80. The van der Waals surface area contributed by atoms with Crippen LogP contribution in [0.1, 0.15) is 30.0 Å². The van der Waals surface area contributed by atoms with Crippen LogP contribution in [-0.2, 0) is 11.3 Å². The van der Waals surface area contributed by atoms with E-state index >= 15 is 0 Å². The van der Waals surface area contributed by atoms with E-state index in [0.717, 1.165) is 30.5 Å². The fourth-order valence-electron chi connectivity index (χ4n) is 2.43. The van der Waals surface area contributed by atoms with Crippen molar-refractivity contribution in [2.24, 2.45) is 0 Å². The van der Waals surface area contributed by atoms with Gasteiger partial charge in [0.2, 0.25) is 5.91 Å². The Hall–Kier alpha value is -2.14. The van der Waals surface area contributed by atoms with Crippen molar-refractivity contribution in [3.05, 3.63) is 53.9 Å². The number of hydrogen-bond acceptors (Lipinski definition) is 3. The topological polar surface area (TPSA) is 59.0 Å². The first-order valence-corrected chi connectivity index (χ1v) is 7.80. The van der Waals surface area contributed by atoms with Gasteiger partial charge in [-0.05, 0) is 30.9 Å². The SMILES string of the molecule is Cc1cnn(CCN[C@H](C(=O)NC2CC2)c2ccccc2)c1. The van der Waals surface area contributed by atoms with Gasteiger partial charge in [-0.1, -0.05) is 30.3 Å². The van der Waals surface area contributed by atoms with Crippen LogP contribution in [0.4, 0.5) is 0 Å². The predicted molar refractivity (Wildman–Crippen MR) is 85.3 cm³/mol. The summed E-state index contributed by atoms with van der Waals surface area (Å²) >= 11 is 0. The van der Waals surface area contributed by atoms with Gasteiger partial charge in [-0.3, -0.25) is 9.48 Å². The third-order valence-electron chi connectivity index (χ3n) is 3.77. The molecule has 1 saturated carbocycles. The number of nitrogens with zero attached hydrogens (tertiary/aromatic N) is 2. The van der Waals surface area contributed by atoms with Crippen LogP contribution >= 0.6 is 0 Å². The Morgan fingerprint density at radius 1 is 1.36 bits per heavy atom. The number of aromatic nitrogens is 2. The molecule has 1 heterocycles. The molecule has 0 saturated heterocycles. The molecule has 0 spiro atoms. The fourth-order valence-corrected chi connectivity index (χ4v) is 2.43. The normalized spacial score (nSPS) is 15.5. The lowest BCUT2D eigenvalue weighted by Gasteiger charge is -2.19. The average molecular weight is 298 g/mol. The minimum absolute atomic E-state index is 0.0605. The fraction of sp³-hybridized carbons (Fsp3) is 0.412. The Kier molecular flexibility index (Phi) is 4.53. The molecule has 0 unspecified atom stereocenters. The Balaban J connectivity index is 1.61. The summed E-state index contributed by atoms with van der Waals surface area (Å²) in [7, 11) is 0. The van der Waals surface area contributed by atoms with Crippen LogP contribution < -0.4 is 10.6 Å². The molecular weight excluding hydrogens is 276 g/mol. The van der Waals surface area contributed by atoms with Crippen LogP contribution in [0.3, 0.4) is 0 Å². The van der Waals surface area contributed by atoms with Crippen LogP contribution in [0.25, 0.3) is 0 Å². The number of amides is 1. The number of rotatable bonds is 7. The highest BCUT2D eigenvalue weighted by Gasteiger charge is 2.27. The molecule has 3 rings (SSSR count). The minimum atomic E-state index is -0.307. The molecule has 1 aliphatic rings. The van der Waals surface area contributed by atoms with E-state index in [4.69, 9.17) is 0 Å². The number of carbonyl (C=O) groups excluding carboxylic acids is 1. The Labute approximate surface area is 130 Å². The Bertz CT molecular complexity index is 619. The number of hydrogen-bond donors (Lipinski definition) is 2. The van der Waals surface area contributed by atoms with E-state index in [2.05, 4.69) is 15.7 Å². The van der Waals surface area contributed by atoms with Gasteiger partial charge < -0.3 is 10.6 Å². The second-order valence-corrected chi connectivity index (χ2v) is 5.86. The van der Waals surface area contributed by atoms with Crippen molar-refractivity contribution in [3.63, 3.8) is 0 Å². The molecule has 0 radical (unpaired) electrons. The van der Waals surface area contributed by atoms with E-state index in [9.17, 15) is 4.79 Å². The van der Waals surface area contributed by atoms with Crippen LogP contribution in [0.2, 0.25) is 0 Å². The molecule has 22 heavy (non-hydrogen) atoms. The zero-order valence-corrected chi connectivity index (χ0v) is 12.8. The predicted octanol–water partition coefficient (Wildman–Crippen LogP) is 1.80. The average Bonchev–Trinajstić information content (AvgIpc) is 3.24. The molecule has 116 valence electrons. The summed E-state index contributed by atoms with van der Waals surface area (Å²) in [6, 6.07) is 9.93. The van der Waals surface area contributed by atoms with E-state index < -0.39 is 0 Å². The van der Waals surface area contributed by atoms with E-state index in [-0.39, 0.29) is 11.9 Å². The molecule has 5 heteroatoms. The maximum atomic E-state index is 12.4. The maximum Gasteiger partial charge on any atom is 0.241 e. The minimum Gasteiger partial charge on any atom is -0.352 e. The van der Waals surface area contributed by atoms with Crippen molar-refractivity contribution >= 4 is 5.91 Å². The highest BCUT2D eigenvalue weighted by molar-refractivity contribution is 5.83. The van der Waals surface area contributed by atoms with Crippen LogP contribution in [-0.4, -0.2) is 28.3 Å². The largest absolute Gasteiger partial charge is 0.352 e. The van der Waals surface area contributed by atoms with Crippen molar-refractivity contribution in [3.8, 4) is 0 Å². The molecular formula is C17H22N4O. The molecule has 1 amide bonds. The Morgan fingerprint density at radius 2 is 2.14 bits per heavy atom. The quantitative estimate of drug-likeness (QED) is 0.819. The van der Waals surface area contributed by atoms with Crippen molar-refractivity contribution in [2.45, 2.75) is 38.4 Å². The second-order valence-electron chi connectivity index (χ2n) is 5.86. The molecule has 1 aromatic carbocycles. The summed E-state index contributed by atoms with van der Waals surface area (Å²) in [6.45, 7) is 3.46. The number of carbonyl (C=O) groups is 1. The molecule has 2 N–H and O–H groups in total. The highest BCUT2D eigenvalue weighted by Crippen LogP contribution is 2.21. The Morgan fingerprint density at radius 3 is 2.77 bits per heavy atom. The number of benzene rings is 1. The third-order valence-corrected chi connectivity index (χ3v) is 3.77. The van der Waals surface area contributed by atoms with E-state index in [1.807, 2.05) is 54.3 Å². The van der Waals surface area contributed by atoms with Gasteiger partial charge in [-0.15, -0.1) is 0 Å². The van der Waals surface area contributed by atoms with Gasteiger partial charge in [0.05, 0.1) is 12.7 Å². The molecule has 1 atom stereocenters. The van der Waals surface area contributed by atoms with E-state index in [0.29, 0.717) is 12.6 Å². The molecule has 5 nitrogen and oxygen atoms in total. The maximum absolute atomic E-state index is 12.4. The molecule has 1 fully saturated rings. The third kappa shape index (κ3) is 3.95. The van der Waals surface area contributed by atoms with Gasteiger partial charge in [0.25, 0.3) is 0 Å². The van der Waals surface area contributed by atoms with Crippen molar-refractivity contribution < 1.29 is 4.79 Å². The molecule has 0 bridgehead atoms. The van der Waals surface area contributed by atoms with Gasteiger partial charge >= 0.3 is 0 Å². The van der Waals surface area contributed by atoms with Gasteiger partial charge in [-0.2, -0.15) is 5.10 Å². The lowest BCUT2D eigenvalue weighted by atomic mass is 10.1. The van der Waals surface area contributed by atoms with E-state index in [1.54, 1.807) is 0 Å². The molecule has 1 aromatic heterocycles. The van der Waals surface area contributed by atoms with Gasteiger partial charge in [0, 0.05) is 18.8 Å². The lowest BCUT2D eigenvalue weighted by molar-refractivity contribution is -0.123. The first kappa shape index (κ1) is 14.8. The van der Waals surface area contributed by atoms with Crippen LogP contribution in [0, 0.1) is 6.92 Å². The van der Waals surface area contributed by atoms with Crippen molar-refractivity contribution in [1.82, 2.24) is 20.4 Å². The molecule has 0 aliphatic heterocycles. The van der Waals surface area contributed by atoms with Crippen LogP contribution in [0.15, 0.2) is 42.7 Å². The second kappa shape index (κ2) is 6.75. The first-order chi connectivity index (χ1) is 10.7.